The van der Waals surface area contributed by atoms with Crippen LogP contribution in [0, 0.1) is 0 Å². The van der Waals surface area contributed by atoms with E-state index in [9.17, 15) is 4.79 Å². The van der Waals surface area contributed by atoms with Crippen LogP contribution < -0.4 is 10.1 Å². The molecule has 3 rings (SSSR count). The van der Waals surface area contributed by atoms with E-state index in [4.69, 9.17) is 4.74 Å². The highest BCUT2D eigenvalue weighted by Crippen LogP contribution is 2.14. The van der Waals surface area contributed by atoms with Crippen molar-refractivity contribution in [3.8, 4) is 5.75 Å². The molecule has 120 valence electrons. The van der Waals surface area contributed by atoms with Crippen LogP contribution in [-0.4, -0.2) is 5.91 Å². The molecule has 1 amide bonds. The van der Waals surface area contributed by atoms with Gasteiger partial charge in [0.15, 0.2) is 0 Å². The van der Waals surface area contributed by atoms with E-state index in [1.54, 1.807) is 12.1 Å². The Labute approximate surface area is 141 Å². The lowest BCUT2D eigenvalue weighted by Gasteiger charge is -2.08. The van der Waals surface area contributed by atoms with E-state index in [2.05, 4.69) is 5.32 Å². The zero-order valence-electron chi connectivity index (χ0n) is 13.3. The number of hydrogen-bond donors (Lipinski definition) is 1. The summed E-state index contributed by atoms with van der Waals surface area (Å²) in [6, 6.07) is 27.0. The van der Waals surface area contributed by atoms with Crippen molar-refractivity contribution in [1.82, 2.24) is 5.32 Å². The van der Waals surface area contributed by atoms with Crippen LogP contribution in [0.5, 0.6) is 5.75 Å². The zero-order chi connectivity index (χ0) is 16.6. The van der Waals surface area contributed by atoms with Gasteiger partial charge in [-0.05, 0) is 35.4 Å². The lowest BCUT2D eigenvalue weighted by Crippen LogP contribution is -2.22. The predicted molar refractivity (Wildman–Crippen MR) is 94.8 cm³/mol. The van der Waals surface area contributed by atoms with Crippen LogP contribution >= 0.6 is 0 Å². The fourth-order valence-corrected chi connectivity index (χ4v) is 2.32. The summed E-state index contributed by atoms with van der Waals surface area (Å²) in [5, 5.41) is 2.91. The molecule has 0 spiro atoms. The summed E-state index contributed by atoms with van der Waals surface area (Å²) in [5.74, 6) is 0.659. The van der Waals surface area contributed by atoms with Gasteiger partial charge in [0.25, 0.3) is 5.91 Å². The van der Waals surface area contributed by atoms with Gasteiger partial charge in [0.1, 0.15) is 12.4 Å². The fraction of sp³-hybridized carbons (Fsp3) is 0.0952. The minimum Gasteiger partial charge on any atom is -0.489 e. The van der Waals surface area contributed by atoms with Crippen LogP contribution in [0.1, 0.15) is 21.5 Å². The van der Waals surface area contributed by atoms with Crippen LogP contribution in [0.4, 0.5) is 0 Å². The van der Waals surface area contributed by atoms with Crippen LogP contribution in [-0.2, 0) is 13.2 Å². The molecule has 3 aromatic rings. The predicted octanol–water partition coefficient (Wildman–Crippen LogP) is 4.20. The quantitative estimate of drug-likeness (QED) is 0.740. The molecule has 0 aromatic heterocycles. The summed E-state index contributed by atoms with van der Waals surface area (Å²) in [4.78, 5) is 12.2. The van der Waals surface area contributed by atoms with Gasteiger partial charge in [-0.25, -0.2) is 0 Å². The van der Waals surface area contributed by atoms with Crippen LogP contribution in [0.2, 0.25) is 0 Å². The third-order valence-electron chi connectivity index (χ3n) is 3.66. The Kier molecular flexibility index (Phi) is 5.25. The van der Waals surface area contributed by atoms with Gasteiger partial charge in [-0.2, -0.15) is 0 Å². The van der Waals surface area contributed by atoms with E-state index >= 15 is 0 Å². The summed E-state index contributed by atoms with van der Waals surface area (Å²) in [6.45, 7) is 1.03. The lowest BCUT2D eigenvalue weighted by molar-refractivity contribution is 0.0951. The molecular formula is C21H19NO2. The van der Waals surface area contributed by atoms with Gasteiger partial charge in [-0.15, -0.1) is 0 Å². The molecule has 0 aliphatic rings. The SMILES string of the molecule is O=C(NCc1ccccc1)c1ccc(OCc2ccccc2)cc1. The van der Waals surface area contributed by atoms with Gasteiger partial charge in [-0.1, -0.05) is 60.7 Å². The van der Waals surface area contributed by atoms with Crippen molar-refractivity contribution in [2.75, 3.05) is 0 Å². The Bertz CT molecular complexity index is 768. The first kappa shape index (κ1) is 15.8. The number of rotatable bonds is 6. The number of hydrogen-bond acceptors (Lipinski definition) is 2. The number of carbonyl (C=O) groups excluding carboxylic acids is 1. The minimum atomic E-state index is -0.0894. The summed E-state index contributed by atoms with van der Waals surface area (Å²) < 4.78 is 5.72. The van der Waals surface area contributed by atoms with Crippen molar-refractivity contribution in [3.63, 3.8) is 0 Å². The summed E-state index contributed by atoms with van der Waals surface area (Å²) in [7, 11) is 0. The standard InChI is InChI=1S/C21H19NO2/c23-21(22-15-17-7-3-1-4-8-17)19-11-13-20(14-12-19)24-16-18-9-5-2-6-10-18/h1-14H,15-16H2,(H,22,23). The second-order valence-electron chi connectivity index (χ2n) is 5.47. The van der Waals surface area contributed by atoms with Gasteiger partial charge >= 0.3 is 0 Å². The van der Waals surface area contributed by atoms with Crippen molar-refractivity contribution >= 4 is 5.91 Å². The highest BCUT2D eigenvalue weighted by atomic mass is 16.5. The molecule has 0 saturated heterocycles. The molecule has 3 nitrogen and oxygen atoms in total. The van der Waals surface area contributed by atoms with Crippen molar-refractivity contribution in [1.29, 1.82) is 0 Å². The van der Waals surface area contributed by atoms with Gasteiger partial charge < -0.3 is 10.1 Å². The molecule has 24 heavy (non-hydrogen) atoms. The molecule has 0 radical (unpaired) electrons. The monoisotopic (exact) mass is 317 g/mol. The van der Waals surface area contributed by atoms with Gasteiger partial charge in [0.05, 0.1) is 0 Å². The topological polar surface area (TPSA) is 38.3 Å². The number of carbonyl (C=O) groups is 1. The molecule has 0 saturated carbocycles. The molecule has 0 bridgehead atoms. The maximum absolute atomic E-state index is 12.2. The summed E-state index contributed by atoms with van der Waals surface area (Å²) in [5.41, 5.74) is 2.81. The van der Waals surface area contributed by atoms with E-state index in [1.807, 2.05) is 72.8 Å². The fourth-order valence-electron chi connectivity index (χ4n) is 2.32. The minimum absolute atomic E-state index is 0.0894. The van der Waals surface area contributed by atoms with E-state index in [1.165, 1.54) is 0 Å². The van der Waals surface area contributed by atoms with Gasteiger partial charge in [0.2, 0.25) is 0 Å². The highest BCUT2D eigenvalue weighted by Gasteiger charge is 2.05. The normalized spacial score (nSPS) is 10.2. The van der Waals surface area contributed by atoms with Gasteiger partial charge in [-0.3, -0.25) is 4.79 Å². The molecule has 3 aromatic carbocycles. The molecule has 0 aliphatic heterocycles. The van der Waals surface area contributed by atoms with E-state index < -0.39 is 0 Å². The maximum atomic E-state index is 12.2. The second kappa shape index (κ2) is 7.97. The highest BCUT2D eigenvalue weighted by molar-refractivity contribution is 5.94. The first-order chi connectivity index (χ1) is 11.8. The number of amides is 1. The maximum Gasteiger partial charge on any atom is 0.251 e. The van der Waals surface area contributed by atoms with Crippen molar-refractivity contribution < 1.29 is 9.53 Å². The van der Waals surface area contributed by atoms with Crippen molar-refractivity contribution in [2.24, 2.45) is 0 Å². The molecule has 0 heterocycles. The molecule has 3 heteroatoms. The lowest BCUT2D eigenvalue weighted by atomic mass is 10.2. The zero-order valence-corrected chi connectivity index (χ0v) is 13.3. The van der Waals surface area contributed by atoms with Crippen LogP contribution in [0.25, 0.3) is 0 Å². The van der Waals surface area contributed by atoms with E-state index in [0.29, 0.717) is 18.7 Å². The van der Waals surface area contributed by atoms with Crippen molar-refractivity contribution in [3.05, 3.63) is 102 Å². The Balaban J connectivity index is 1.53. The van der Waals surface area contributed by atoms with Crippen molar-refractivity contribution in [2.45, 2.75) is 13.2 Å². The van der Waals surface area contributed by atoms with E-state index in [-0.39, 0.29) is 5.91 Å². The third-order valence-corrected chi connectivity index (χ3v) is 3.66. The summed E-state index contributed by atoms with van der Waals surface area (Å²) >= 11 is 0. The number of benzene rings is 3. The summed E-state index contributed by atoms with van der Waals surface area (Å²) in [6.07, 6.45) is 0. The Hall–Kier alpha value is -3.07. The largest absolute Gasteiger partial charge is 0.489 e. The molecular weight excluding hydrogens is 298 g/mol. The van der Waals surface area contributed by atoms with Gasteiger partial charge in [0, 0.05) is 12.1 Å². The molecule has 0 atom stereocenters. The second-order valence-corrected chi connectivity index (χ2v) is 5.47. The number of ether oxygens (including phenoxy) is 1. The number of nitrogens with one attached hydrogen (secondary N) is 1. The first-order valence-corrected chi connectivity index (χ1v) is 7.90. The smallest absolute Gasteiger partial charge is 0.251 e. The van der Waals surface area contributed by atoms with E-state index in [0.717, 1.165) is 16.9 Å². The Morgan fingerprint density at radius 2 is 1.33 bits per heavy atom. The van der Waals surface area contributed by atoms with Crippen LogP contribution in [0.15, 0.2) is 84.9 Å². The Morgan fingerprint density at radius 1 is 0.750 bits per heavy atom. The average molecular weight is 317 g/mol. The third kappa shape index (κ3) is 4.46. The average Bonchev–Trinajstić information content (AvgIpc) is 2.66. The first-order valence-electron chi connectivity index (χ1n) is 7.90. The molecule has 0 fully saturated rings. The Morgan fingerprint density at radius 3 is 1.96 bits per heavy atom. The molecule has 0 unspecified atom stereocenters. The molecule has 0 aliphatic carbocycles. The molecule has 1 N–H and O–H groups in total. The van der Waals surface area contributed by atoms with Crippen LogP contribution in [0.3, 0.4) is 0 Å².